The third kappa shape index (κ3) is 10.4. The minimum Gasteiger partial charge on any atom is -0.493 e. The summed E-state index contributed by atoms with van der Waals surface area (Å²) in [4.78, 5) is 0. The third-order valence-corrected chi connectivity index (χ3v) is 5.98. The summed E-state index contributed by atoms with van der Waals surface area (Å²) in [5.74, 6) is 2.14. The molecule has 0 bridgehead atoms. The molecule has 38 heavy (non-hydrogen) atoms. The van der Waals surface area contributed by atoms with Crippen LogP contribution in [0.4, 0.5) is 0 Å². The van der Waals surface area contributed by atoms with Crippen molar-refractivity contribution >= 4 is 0 Å². The van der Waals surface area contributed by atoms with Crippen molar-refractivity contribution < 1.29 is 42.6 Å². The van der Waals surface area contributed by atoms with Gasteiger partial charge in [-0.05, 0) is 49.2 Å². The van der Waals surface area contributed by atoms with Crippen molar-refractivity contribution in [1.29, 1.82) is 0 Å². The molecule has 9 nitrogen and oxygen atoms in total. The number of methoxy groups -OCH3 is 1. The van der Waals surface area contributed by atoms with Crippen molar-refractivity contribution in [2.24, 2.45) is 0 Å². The SMILES string of the molecule is COc1cc(-c2ccc(OCCOCC(C)OCC3CO3)cc2)ccc1OCCOCC(C)OCC1CO1. The summed E-state index contributed by atoms with van der Waals surface area (Å²) in [5, 5.41) is 0. The molecule has 2 heterocycles. The Labute approximate surface area is 225 Å². The van der Waals surface area contributed by atoms with E-state index in [0.717, 1.165) is 30.1 Å². The number of benzene rings is 2. The Bertz CT molecular complexity index is 944. The molecule has 2 saturated heterocycles. The van der Waals surface area contributed by atoms with Crippen LogP contribution in [0.2, 0.25) is 0 Å². The van der Waals surface area contributed by atoms with Crippen LogP contribution in [-0.4, -0.2) is 97.6 Å². The summed E-state index contributed by atoms with van der Waals surface area (Å²) in [7, 11) is 1.64. The predicted molar refractivity (Wildman–Crippen MR) is 141 cm³/mol. The highest BCUT2D eigenvalue weighted by Crippen LogP contribution is 2.33. The molecule has 2 aromatic carbocycles. The number of hydrogen-bond acceptors (Lipinski definition) is 9. The fraction of sp³-hybridized carbons (Fsp3) is 0.586. The number of ether oxygens (including phenoxy) is 9. The Morgan fingerprint density at radius 1 is 0.711 bits per heavy atom. The van der Waals surface area contributed by atoms with Crippen LogP contribution in [0.15, 0.2) is 42.5 Å². The first-order valence-corrected chi connectivity index (χ1v) is 13.3. The Kier molecular flexibility index (Phi) is 11.5. The van der Waals surface area contributed by atoms with E-state index < -0.39 is 0 Å². The average Bonchev–Trinajstić information content (AvgIpc) is 3.86. The van der Waals surface area contributed by atoms with Gasteiger partial charge in [-0.3, -0.25) is 0 Å². The van der Waals surface area contributed by atoms with Crippen LogP contribution in [-0.2, 0) is 28.4 Å². The van der Waals surface area contributed by atoms with E-state index in [9.17, 15) is 0 Å². The molecule has 0 spiro atoms. The molecule has 4 atom stereocenters. The van der Waals surface area contributed by atoms with E-state index >= 15 is 0 Å². The molecule has 2 aromatic rings. The van der Waals surface area contributed by atoms with Crippen molar-refractivity contribution in [2.75, 3.05) is 73.2 Å². The van der Waals surface area contributed by atoms with Crippen LogP contribution >= 0.6 is 0 Å². The standard InChI is InChI=1S/C29H40O9/c1-21(35-17-26-19-37-26)15-31-10-12-33-25-7-4-23(5-8-25)24-6-9-28(29(14-24)30-3)34-13-11-32-16-22(2)36-18-27-20-38-27/h4-9,14,21-22,26-27H,10-13,15-20H2,1-3H3. The van der Waals surface area contributed by atoms with Crippen molar-refractivity contribution in [3.8, 4) is 28.4 Å². The van der Waals surface area contributed by atoms with Crippen LogP contribution in [0.3, 0.4) is 0 Å². The lowest BCUT2D eigenvalue weighted by Gasteiger charge is -2.15. The molecule has 0 amide bonds. The molecule has 9 heteroatoms. The second-order valence-electron chi connectivity index (χ2n) is 9.44. The normalized spacial score (nSPS) is 19.6. The van der Waals surface area contributed by atoms with Crippen LogP contribution in [0.25, 0.3) is 11.1 Å². The van der Waals surface area contributed by atoms with E-state index in [1.54, 1.807) is 7.11 Å². The highest BCUT2D eigenvalue weighted by molar-refractivity contribution is 5.67. The summed E-state index contributed by atoms with van der Waals surface area (Å²) in [5.41, 5.74) is 2.08. The van der Waals surface area contributed by atoms with E-state index in [0.29, 0.717) is 64.4 Å². The van der Waals surface area contributed by atoms with E-state index in [1.807, 2.05) is 56.3 Å². The first-order chi connectivity index (χ1) is 18.6. The zero-order valence-corrected chi connectivity index (χ0v) is 22.6. The number of hydrogen-bond donors (Lipinski definition) is 0. The molecule has 2 aliphatic rings. The minimum absolute atomic E-state index is 0.0274. The summed E-state index contributed by atoms with van der Waals surface area (Å²) < 4.78 is 50.1. The van der Waals surface area contributed by atoms with Crippen LogP contribution in [0.1, 0.15) is 13.8 Å². The molecule has 210 valence electrons. The van der Waals surface area contributed by atoms with E-state index in [-0.39, 0.29) is 24.4 Å². The van der Waals surface area contributed by atoms with Crippen molar-refractivity contribution in [3.63, 3.8) is 0 Å². The zero-order valence-electron chi connectivity index (χ0n) is 22.6. The third-order valence-electron chi connectivity index (χ3n) is 5.98. The van der Waals surface area contributed by atoms with Crippen molar-refractivity contribution in [3.05, 3.63) is 42.5 Å². The summed E-state index contributed by atoms with van der Waals surface area (Å²) in [6.07, 6.45) is 0.608. The lowest BCUT2D eigenvalue weighted by Crippen LogP contribution is -2.20. The maximum Gasteiger partial charge on any atom is 0.161 e. The molecule has 0 N–H and O–H groups in total. The first-order valence-electron chi connectivity index (χ1n) is 13.3. The number of epoxide rings is 2. The maximum absolute atomic E-state index is 5.88. The summed E-state index contributed by atoms with van der Waals surface area (Å²) in [6, 6.07) is 13.8. The van der Waals surface area contributed by atoms with Gasteiger partial charge in [0.05, 0.1) is 72.2 Å². The molecule has 0 radical (unpaired) electrons. The fourth-order valence-electron chi connectivity index (χ4n) is 3.61. The largest absolute Gasteiger partial charge is 0.493 e. The average molecular weight is 533 g/mol. The van der Waals surface area contributed by atoms with Gasteiger partial charge in [0.1, 0.15) is 31.2 Å². The Balaban J connectivity index is 1.13. The maximum atomic E-state index is 5.88. The fourth-order valence-corrected chi connectivity index (χ4v) is 3.61. The van der Waals surface area contributed by atoms with Gasteiger partial charge in [0.15, 0.2) is 11.5 Å². The highest BCUT2D eigenvalue weighted by atomic mass is 16.6. The predicted octanol–water partition coefficient (Wildman–Crippen LogP) is 3.76. The van der Waals surface area contributed by atoms with Gasteiger partial charge in [0.25, 0.3) is 0 Å². The Morgan fingerprint density at radius 3 is 1.82 bits per heavy atom. The van der Waals surface area contributed by atoms with Crippen LogP contribution in [0, 0.1) is 0 Å². The molecule has 2 fully saturated rings. The second kappa shape index (κ2) is 15.3. The molecular formula is C29H40O9. The van der Waals surface area contributed by atoms with Crippen LogP contribution in [0.5, 0.6) is 17.2 Å². The van der Waals surface area contributed by atoms with Gasteiger partial charge in [-0.2, -0.15) is 0 Å². The molecule has 0 saturated carbocycles. The van der Waals surface area contributed by atoms with E-state index in [4.69, 9.17) is 42.6 Å². The molecule has 4 unspecified atom stereocenters. The zero-order chi connectivity index (χ0) is 26.6. The summed E-state index contributed by atoms with van der Waals surface area (Å²) in [6.45, 7) is 9.77. The van der Waals surface area contributed by atoms with Gasteiger partial charge < -0.3 is 42.6 Å². The minimum atomic E-state index is 0.0274. The van der Waals surface area contributed by atoms with E-state index in [2.05, 4.69) is 0 Å². The monoisotopic (exact) mass is 532 g/mol. The van der Waals surface area contributed by atoms with Gasteiger partial charge in [-0.1, -0.05) is 18.2 Å². The molecule has 0 aromatic heterocycles. The van der Waals surface area contributed by atoms with Gasteiger partial charge in [-0.15, -0.1) is 0 Å². The van der Waals surface area contributed by atoms with Gasteiger partial charge in [-0.25, -0.2) is 0 Å². The van der Waals surface area contributed by atoms with Gasteiger partial charge in [0.2, 0.25) is 0 Å². The smallest absolute Gasteiger partial charge is 0.161 e. The van der Waals surface area contributed by atoms with Gasteiger partial charge >= 0.3 is 0 Å². The lowest BCUT2D eigenvalue weighted by atomic mass is 10.1. The lowest BCUT2D eigenvalue weighted by molar-refractivity contribution is -0.0173. The molecular weight excluding hydrogens is 492 g/mol. The van der Waals surface area contributed by atoms with Crippen LogP contribution < -0.4 is 14.2 Å². The molecule has 4 rings (SSSR count). The van der Waals surface area contributed by atoms with Gasteiger partial charge in [0, 0.05) is 0 Å². The first kappa shape index (κ1) is 28.6. The van der Waals surface area contributed by atoms with E-state index in [1.165, 1.54) is 0 Å². The molecule has 2 aliphatic heterocycles. The Morgan fingerprint density at radius 2 is 1.26 bits per heavy atom. The quantitative estimate of drug-likeness (QED) is 0.187. The van der Waals surface area contributed by atoms with Crippen molar-refractivity contribution in [1.82, 2.24) is 0 Å². The highest BCUT2D eigenvalue weighted by Gasteiger charge is 2.24. The second-order valence-corrected chi connectivity index (χ2v) is 9.44. The summed E-state index contributed by atoms with van der Waals surface area (Å²) >= 11 is 0. The Hall–Kier alpha value is -2.40. The number of rotatable bonds is 20. The topological polar surface area (TPSA) is 89.7 Å². The van der Waals surface area contributed by atoms with Crippen molar-refractivity contribution in [2.45, 2.75) is 38.3 Å². The molecule has 0 aliphatic carbocycles.